The van der Waals surface area contributed by atoms with Gasteiger partial charge >= 0.3 is 0 Å². The maximum atomic E-state index is 4.72. The minimum absolute atomic E-state index is 0. The molecule has 22 heavy (non-hydrogen) atoms. The van der Waals surface area contributed by atoms with Crippen molar-refractivity contribution in [3.8, 4) is 0 Å². The number of aliphatic imine (C=N–C) groups is 1. The summed E-state index contributed by atoms with van der Waals surface area (Å²) >= 11 is 5.20. The molecule has 0 radical (unpaired) electrons. The standard InChI is InChI=1S/C15H21BrN4S.HI/c1-4-17-15(18-9-14-8-12(16)11-21-14)20(3)10-13-6-5-7-19(13)2;/h5-8,11H,4,9-10H2,1-3H3,(H,17,18);1H. The Labute approximate surface area is 161 Å². The molecule has 0 bridgehead atoms. The number of nitrogens with zero attached hydrogens (tertiary/aromatic N) is 3. The van der Waals surface area contributed by atoms with Crippen molar-refractivity contribution in [1.29, 1.82) is 0 Å². The van der Waals surface area contributed by atoms with Crippen LogP contribution in [-0.4, -0.2) is 29.0 Å². The SMILES string of the molecule is CCNC(=NCc1cc(Br)cs1)N(C)Cc1cccn1C.I. The van der Waals surface area contributed by atoms with Gasteiger partial charge in [-0.15, -0.1) is 35.3 Å². The third-order valence-electron chi connectivity index (χ3n) is 3.15. The molecule has 0 aliphatic rings. The second-order valence-electron chi connectivity index (χ2n) is 4.87. The second kappa shape index (κ2) is 9.57. The van der Waals surface area contributed by atoms with Gasteiger partial charge in [0.25, 0.3) is 0 Å². The number of hydrogen-bond acceptors (Lipinski definition) is 2. The summed E-state index contributed by atoms with van der Waals surface area (Å²) in [6.45, 7) is 4.50. The largest absolute Gasteiger partial charge is 0.357 e. The van der Waals surface area contributed by atoms with Crippen molar-refractivity contribution >= 4 is 57.2 Å². The van der Waals surface area contributed by atoms with Crippen LogP contribution in [0.15, 0.2) is 39.2 Å². The molecule has 0 aliphatic heterocycles. The molecule has 1 N–H and O–H groups in total. The van der Waals surface area contributed by atoms with E-state index in [1.807, 2.05) is 0 Å². The van der Waals surface area contributed by atoms with Crippen LogP contribution < -0.4 is 5.32 Å². The number of thiophene rings is 1. The van der Waals surface area contributed by atoms with Crippen LogP contribution >= 0.6 is 51.2 Å². The fraction of sp³-hybridized carbons (Fsp3) is 0.400. The van der Waals surface area contributed by atoms with Crippen LogP contribution in [0.25, 0.3) is 0 Å². The Morgan fingerprint density at radius 2 is 2.27 bits per heavy atom. The predicted octanol–water partition coefficient (Wildman–Crippen LogP) is 4.06. The summed E-state index contributed by atoms with van der Waals surface area (Å²) in [5.41, 5.74) is 1.27. The van der Waals surface area contributed by atoms with E-state index in [1.165, 1.54) is 10.6 Å². The summed E-state index contributed by atoms with van der Waals surface area (Å²) < 4.78 is 3.26. The Bertz CT molecular complexity index is 608. The molecule has 2 heterocycles. The van der Waals surface area contributed by atoms with Crippen LogP contribution in [0.1, 0.15) is 17.5 Å². The summed E-state index contributed by atoms with van der Waals surface area (Å²) in [4.78, 5) is 8.13. The maximum absolute atomic E-state index is 4.72. The zero-order valence-corrected chi connectivity index (χ0v) is 17.8. The summed E-state index contributed by atoms with van der Waals surface area (Å²) in [5.74, 6) is 0.934. The van der Waals surface area contributed by atoms with Gasteiger partial charge in [-0.1, -0.05) is 0 Å². The van der Waals surface area contributed by atoms with E-state index in [4.69, 9.17) is 4.99 Å². The molecule has 7 heteroatoms. The Kier molecular flexibility index (Phi) is 8.48. The van der Waals surface area contributed by atoms with Crippen LogP contribution in [0.5, 0.6) is 0 Å². The van der Waals surface area contributed by atoms with E-state index < -0.39 is 0 Å². The molecule has 0 saturated carbocycles. The highest BCUT2D eigenvalue weighted by molar-refractivity contribution is 14.0. The van der Waals surface area contributed by atoms with Gasteiger partial charge in [0.05, 0.1) is 13.1 Å². The fourth-order valence-electron chi connectivity index (χ4n) is 2.04. The first-order chi connectivity index (χ1) is 10.1. The number of aryl methyl sites for hydroxylation is 1. The molecule has 0 spiro atoms. The van der Waals surface area contributed by atoms with Crippen LogP contribution in [-0.2, 0) is 20.1 Å². The van der Waals surface area contributed by atoms with E-state index in [2.05, 4.69) is 81.5 Å². The first kappa shape index (κ1) is 19.5. The highest BCUT2D eigenvalue weighted by Gasteiger charge is 2.08. The molecule has 0 amide bonds. The molecular formula is C15H22BrIN4S. The van der Waals surface area contributed by atoms with Crippen molar-refractivity contribution in [1.82, 2.24) is 14.8 Å². The molecule has 0 atom stereocenters. The van der Waals surface area contributed by atoms with Gasteiger partial charge in [0.2, 0.25) is 0 Å². The molecule has 122 valence electrons. The second-order valence-corrected chi connectivity index (χ2v) is 6.78. The van der Waals surface area contributed by atoms with Crippen molar-refractivity contribution in [2.75, 3.05) is 13.6 Å². The first-order valence-corrected chi connectivity index (χ1v) is 8.60. The lowest BCUT2D eigenvalue weighted by Crippen LogP contribution is -2.38. The number of hydrogen-bond donors (Lipinski definition) is 1. The zero-order valence-electron chi connectivity index (χ0n) is 13.0. The van der Waals surface area contributed by atoms with Crippen molar-refractivity contribution in [2.45, 2.75) is 20.0 Å². The molecule has 2 rings (SSSR count). The molecule has 0 aliphatic carbocycles. The lowest BCUT2D eigenvalue weighted by atomic mass is 10.4. The third kappa shape index (κ3) is 5.58. The summed E-state index contributed by atoms with van der Waals surface area (Å²) in [7, 11) is 4.13. The molecule has 0 fully saturated rings. The lowest BCUT2D eigenvalue weighted by molar-refractivity contribution is 0.462. The average molecular weight is 497 g/mol. The smallest absolute Gasteiger partial charge is 0.194 e. The number of halogens is 2. The van der Waals surface area contributed by atoms with Gasteiger partial charge in [0, 0.05) is 47.3 Å². The molecule has 2 aromatic heterocycles. The van der Waals surface area contributed by atoms with Crippen molar-refractivity contribution in [3.05, 3.63) is 44.8 Å². The topological polar surface area (TPSA) is 32.6 Å². The summed E-state index contributed by atoms with van der Waals surface area (Å²) in [5, 5.41) is 5.44. The predicted molar refractivity (Wildman–Crippen MR) is 109 cm³/mol. The Balaban J connectivity index is 0.00000242. The number of rotatable bonds is 5. The fourth-order valence-corrected chi connectivity index (χ4v) is 3.41. The molecule has 0 unspecified atom stereocenters. The van der Waals surface area contributed by atoms with Crippen LogP contribution in [0.3, 0.4) is 0 Å². The lowest BCUT2D eigenvalue weighted by Gasteiger charge is -2.22. The Morgan fingerprint density at radius 3 is 2.82 bits per heavy atom. The first-order valence-electron chi connectivity index (χ1n) is 6.92. The highest BCUT2D eigenvalue weighted by Crippen LogP contribution is 2.20. The summed E-state index contributed by atoms with van der Waals surface area (Å²) in [6.07, 6.45) is 2.07. The van der Waals surface area contributed by atoms with Gasteiger partial charge in [-0.3, -0.25) is 0 Å². The Hall–Kier alpha value is -0.540. The molecule has 0 saturated heterocycles. The van der Waals surface area contributed by atoms with E-state index >= 15 is 0 Å². The summed E-state index contributed by atoms with van der Waals surface area (Å²) in [6, 6.07) is 6.32. The highest BCUT2D eigenvalue weighted by atomic mass is 127. The number of aromatic nitrogens is 1. The van der Waals surface area contributed by atoms with E-state index in [0.717, 1.165) is 23.5 Å². The molecular weight excluding hydrogens is 475 g/mol. The van der Waals surface area contributed by atoms with Crippen LogP contribution in [0.2, 0.25) is 0 Å². The van der Waals surface area contributed by atoms with Gasteiger partial charge < -0.3 is 14.8 Å². The van der Waals surface area contributed by atoms with E-state index in [0.29, 0.717) is 6.54 Å². The van der Waals surface area contributed by atoms with Gasteiger partial charge in [-0.05, 0) is 41.1 Å². The molecule has 2 aromatic rings. The third-order valence-corrected chi connectivity index (χ3v) is 4.84. The maximum Gasteiger partial charge on any atom is 0.194 e. The minimum atomic E-state index is 0. The van der Waals surface area contributed by atoms with Crippen LogP contribution in [0.4, 0.5) is 0 Å². The quantitative estimate of drug-likeness (QED) is 0.384. The van der Waals surface area contributed by atoms with E-state index in [9.17, 15) is 0 Å². The molecule has 0 aromatic carbocycles. The molecule has 4 nitrogen and oxygen atoms in total. The number of nitrogens with one attached hydrogen (secondary N) is 1. The average Bonchev–Trinajstić information content (AvgIpc) is 3.04. The van der Waals surface area contributed by atoms with E-state index in [-0.39, 0.29) is 24.0 Å². The monoisotopic (exact) mass is 496 g/mol. The normalized spacial score (nSPS) is 11.2. The van der Waals surface area contributed by atoms with Crippen molar-refractivity contribution in [3.63, 3.8) is 0 Å². The van der Waals surface area contributed by atoms with Crippen molar-refractivity contribution < 1.29 is 0 Å². The van der Waals surface area contributed by atoms with Gasteiger partial charge in [-0.25, -0.2) is 4.99 Å². The van der Waals surface area contributed by atoms with Crippen molar-refractivity contribution in [2.24, 2.45) is 12.0 Å². The van der Waals surface area contributed by atoms with Gasteiger partial charge in [-0.2, -0.15) is 0 Å². The van der Waals surface area contributed by atoms with E-state index in [1.54, 1.807) is 11.3 Å². The number of guanidine groups is 1. The van der Waals surface area contributed by atoms with Gasteiger partial charge in [0.15, 0.2) is 5.96 Å². The zero-order chi connectivity index (χ0) is 15.2. The van der Waals surface area contributed by atoms with Crippen LogP contribution in [0, 0.1) is 0 Å². The Morgan fingerprint density at radius 1 is 1.50 bits per heavy atom. The minimum Gasteiger partial charge on any atom is -0.357 e. The van der Waals surface area contributed by atoms with Gasteiger partial charge in [0.1, 0.15) is 0 Å².